The molecule has 0 radical (unpaired) electrons. The Morgan fingerprint density at radius 1 is 1.19 bits per heavy atom. The molecule has 9 nitrogen and oxygen atoms in total. The van der Waals surface area contributed by atoms with Crippen LogP contribution in [0.25, 0.3) is 0 Å². The molecule has 9 heteroatoms. The van der Waals surface area contributed by atoms with Crippen molar-refractivity contribution in [2.75, 3.05) is 5.32 Å². The van der Waals surface area contributed by atoms with E-state index < -0.39 is 0 Å². The van der Waals surface area contributed by atoms with Crippen molar-refractivity contribution < 1.29 is 4.79 Å². The fourth-order valence-corrected chi connectivity index (χ4v) is 2.62. The van der Waals surface area contributed by atoms with Gasteiger partial charge in [0, 0.05) is 13.1 Å². The van der Waals surface area contributed by atoms with Crippen LogP contribution in [-0.4, -0.2) is 35.8 Å². The summed E-state index contributed by atoms with van der Waals surface area (Å²) in [5.41, 5.74) is 1.03. The minimum Gasteiger partial charge on any atom is -0.331 e. The van der Waals surface area contributed by atoms with E-state index in [4.69, 9.17) is 0 Å². The molecule has 1 unspecified atom stereocenters. The van der Waals surface area contributed by atoms with Gasteiger partial charge in [0.15, 0.2) is 5.82 Å². The van der Waals surface area contributed by atoms with Gasteiger partial charge in [-0.05, 0) is 18.4 Å². The lowest BCUT2D eigenvalue weighted by Crippen LogP contribution is -2.33. The van der Waals surface area contributed by atoms with E-state index in [1.807, 2.05) is 30.3 Å². The number of aryl methyl sites for hydroxylation is 2. The first-order valence-corrected chi connectivity index (χ1v) is 8.59. The van der Waals surface area contributed by atoms with Gasteiger partial charge in [-0.15, -0.1) is 5.10 Å². The number of urea groups is 1. The number of hydrogen-bond donors (Lipinski definition) is 2. The zero-order valence-electron chi connectivity index (χ0n) is 14.6. The number of benzene rings is 1. The van der Waals surface area contributed by atoms with Gasteiger partial charge in [-0.3, -0.25) is 14.7 Å². The number of carbonyl (C=O) groups excluding carboxylic acids is 1. The third-order valence-electron chi connectivity index (χ3n) is 3.85. The molecule has 0 spiro atoms. The molecule has 2 N–H and O–H groups in total. The number of amides is 2. The van der Waals surface area contributed by atoms with Gasteiger partial charge < -0.3 is 5.32 Å². The number of anilines is 1. The summed E-state index contributed by atoms with van der Waals surface area (Å²) in [6.45, 7) is 3.47. The van der Waals surface area contributed by atoms with E-state index in [0.29, 0.717) is 18.8 Å². The second kappa shape index (κ2) is 8.75. The fourth-order valence-electron chi connectivity index (χ4n) is 2.62. The summed E-state index contributed by atoms with van der Waals surface area (Å²) >= 11 is 0. The Morgan fingerprint density at radius 3 is 2.77 bits per heavy atom. The molecule has 0 saturated carbocycles. The summed E-state index contributed by atoms with van der Waals surface area (Å²) in [6, 6.07) is 9.35. The Balaban J connectivity index is 1.63. The van der Waals surface area contributed by atoms with Crippen LogP contribution in [0.3, 0.4) is 0 Å². The van der Waals surface area contributed by atoms with Gasteiger partial charge >= 0.3 is 6.03 Å². The minimum absolute atomic E-state index is 0.161. The quantitative estimate of drug-likeness (QED) is 0.646. The van der Waals surface area contributed by atoms with Gasteiger partial charge in [0.25, 0.3) is 0 Å². The fraction of sp³-hybridized carbons (Fsp3) is 0.353. The van der Waals surface area contributed by atoms with Crippen molar-refractivity contribution in [2.24, 2.45) is 0 Å². The van der Waals surface area contributed by atoms with Crippen molar-refractivity contribution >= 4 is 11.8 Å². The molecule has 26 heavy (non-hydrogen) atoms. The maximum atomic E-state index is 12.4. The molecule has 0 bridgehead atoms. The predicted molar refractivity (Wildman–Crippen MR) is 96.3 cm³/mol. The van der Waals surface area contributed by atoms with Gasteiger partial charge in [-0.1, -0.05) is 42.5 Å². The highest BCUT2D eigenvalue weighted by Gasteiger charge is 2.15. The number of aromatic nitrogens is 6. The van der Waals surface area contributed by atoms with E-state index in [0.717, 1.165) is 18.5 Å². The van der Waals surface area contributed by atoms with Crippen LogP contribution in [0.1, 0.15) is 31.4 Å². The smallest absolute Gasteiger partial charge is 0.320 e. The summed E-state index contributed by atoms with van der Waals surface area (Å²) < 4.78 is 3.45. The zero-order chi connectivity index (χ0) is 18.2. The molecule has 0 aliphatic heterocycles. The largest absolute Gasteiger partial charge is 0.331 e. The number of hydrogen-bond acceptors (Lipinski definition) is 5. The number of nitrogens with zero attached hydrogens (tertiary/aromatic N) is 6. The van der Waals surface area contributed by atoms with Crippen molar-refractivity contribution in [3.8, 4) is 0 Å². The Hall–Kier alpha value is -3.23. The summed E-state index contributed by atoms with van der Waals surface area (Å²) in [6.07, 6.45) is 6.51. The van der Waals surface area contributed by atoms with E-state index in [2.05, 4.69) is 38.0 Å². The number of carbonyl (C=O) groups is 1. The lowest BCUT2D eigenvalue weighted by molar-refractivity contribution is 0.247. The molecule has 3 rings (SSSR count). The molecule has 0 saturated heterocycles. The molecule has 1 atom stereocenters. The van der Waals surface area contributed by atoms with E-state index in [9.17, 15) is 4.79 Å². The first-order valence-electron chi connectivity index (χ1n) is 8.59. The van der Waals surface area contributed by atoms with E-state index in [-0.39, 0.29) is 12.1 Å². The number of nitrogens with one attached hydrogen (secondary N) is 2. The molecule has 0 aliphatic carbocycles. The predicted octanol–water partition coefficient (Wildman–Crippen LogP) is 2.23. The Kier molecular flexibility index (Phi) is 5.92. The van der Waals surface area contributed by atoms with Crippen LogP contribution in [-0.2, 0) is 13.1 Å². The minimum atomic E-state index is -0.319. The highest BCUT2D eigenvalue weighted by atomic mass is 16.2. The topological polar surface area (TPSA) is 103 Å². The summed E-state index contributed by atoms with van der Waals surface area (Å²) in [5, 5.41) is 17.8. The molecular formula is C17H22N8O. The SMILES string of the molecule is CCCn1cc(NC(=O)NC(CCn2cncn2)c2ccccc2)nn1. The average molecular weight is 354 g/mol. The zero-order valence-corrected chi connectivity index (χ0v) is 14.6. The van der Waals surface area contributed by atoms with E-state index in [1.54, 1.807) is 21.9 Å². The van der Waals surface area contributed by atoms with Crippen LogP contribution in [0, 0.1) is 0 Å². The Labute approximate surface area is 151 Å². The van der Waals surface area contributed by atoms with Gasteiger partial charge in [0.05, 0.1) is 12.2 Å². The van der Waals surface area contributed by atoms with Crippen molar-refractivity contribution in [3.05, 3.63) is 54.7 Å². The highest BCUT2D eigenvalue weighted by Crippen LogP contribution is 2.17. The maximum Gasteiger partial charge on any atom is 0.320 e. The molecule has 136 valence electrons. The van der Waals surface area contributed by atoms with Gasteiger partial charge in [0.2, 0.25) is 0 Å². The molecule has 2 amide bonds. The molecule has 2 aromatic heterocycles. The Morgan fingerprint density at radius 2 is 2.04 bits per heavy atom. The first kappa shape index (κ1) is 17.6. The van der Waals surface area contributed by atoms with Crippen LogP contribution < -0.4 is 10.6 Å². The molecule has 0 fully saturated rings. The summed E-state index contributed by atoms with van der Waals surface area (Å²) in [5.74, 6) is 0.430. The van der Waals surface area contributed by atoms with E-state index in [1.165, 1.54) is 6.33 Å². The van der Waals surface area contributed by atoms with Crippen molar-refractivity contribution in [2.45, 2.75) is 38.9 Å². The lowest BCUT2D eigenvalue weighted by atomic mass is 10.0. The maximum absolute atomic E-state index is 12.4. The molecule has 2 heterocycles. The number of rotatable bonds is 8. The van der Waals surface area contributed by atoms with Gasteiger partial charge in [-0.25, -0.2) is 9.78 Å². The Bertz CT molecular complexity index is 799. The van der Waals surface area contributed by atoms with Crippen LogP contribution >= 0.6 is 0 Å². The molecule has 3 aromatic rings. The van der Waals surface area contributed by atoms with Crippen LogP contribution in [0.4, 0.5) is 10.6 Å². The summed E-state index contributed by atoms with van der Waals surface area (Å²) in [7, 11) is 0. The molecule has 1 aromatic carbocycles. The standard InChI is InChI=1S/C17H22N8O/c1-2-9-24-11-16(22-23-24)21-17(26)20-15(14-6-4-3-5-7-14)8-10-25-13-18-12-19-25/h3-7,11-13,15H,2,8-10H2,1H3,(H2,20,21,26). The normalized spacial score (nSPS) is 11.9. The third kappa shape index (κ3) is 4.88. The lowest BCUT2D eigenvalue weighted by Gasteiger charge is -2.19. The first-order chi connectivity index (χ1) is 12.7. The summed E-state index contributed by atoms with van der Waals surface area (Å²) in [4.78, 5) is 16.3. The van der Waals surface area contributed by atoms with Gasteiger partial charge in [-0.2, -0.15) is 5.10 Å². The molecule has 0 aliphatic rings. The monoisotopic (exact) mass is 354 g/mol. The second-order valence-corrected chi connectivity index (χ2v) is 5.88. The third-order valence-corrected chi connectivity index (χ3v) is 3.85. The van der Waals surface area contributed by atoms with Crippen molar-refractivity contribution in [3.63, 3.8) is 0 Å². The average Bonchev–Trinajstić information content (AvgIpc) is 3.32. The second-order valence-electron chi connectivity index (χ2n) is 5.88. The van der Waals surface area contributed by atoms with Gasteiger partial charge in [0.1, 0.15) is 12.7 Å². The molecular weight excluding hydrogens is 332 g/mol. The van der Waals surface area contributed by atoms with Crippen molar-refractivity contribution in [1.29, 1.82) is 0 Å². The van der Waals surface area contributed by atoms with E-state index >= 15 is 0 Å². The van der Waals surface area contributed by atoms with Crippen LogP contribution in [0.5, 0.6) is 0 Å². The van der Waals surface area contributed by atoms with Crippen LogP contribution in [0.2, 0.25) is 0 Å². The van der Waals surface area contributed by atoms with Crippen LogP contribution in [0.15, 0.2) is 49.2 Å². The van der Waals surface area contributed by atoms with Crippen molar-refractivity contribution in [1.82, 2.24) is 35.1 Å². The highest BCUT2D eigenvalue weighted by molar-refractivity contribution is 5.88.